The Bertz CT molecular complexity index is 118. The molecule has 1 aliphatic rings. The van der Waals surface area contributed by atoms with Gasteiger partial charge in [-0.15, -0.1) is 0 Å². The van der Waals surface area contributed by atoms with Crippen molar-refractivity contribution < 1.29 is 17.6 Å². The lowest BCUT2D eigenvalue weighted by Crippen LogP contribution is -2.00. The summed E-state index contributed by atoms with van der Waals surface area (Å²) >= 11 is 0. The summed E-state index contributed by atoms with van der Waals surface area (Å²) in [5.74, 6) is -2.96. The first-order valence-corrected chi connectivity index (χ1v) is 6.23. The summed E-state index contributed by atoms with van der Waals surface area (Å²) in [7, 11) is 1.11. The molecule has 1 fully saturated rings. The molecule has 0 spiro atoms. The Morgan fingerprint density at radius 1 is 1.45 bits per heavy atom. The van der Waals surface area contributed by atoms with Crippen molar-refractivity contribution in [3.63, 3.8) is 0 Å². The number of halogens is 3. The van der Waals surface area contributed by atoms with Gasteiger partial charge in [0.05, 0.1) is 6.42 Å². The van der Waals surface area contributed by atoms with E-state index in [1.54, 1.807) is 7.11 Å². The van der Waals surface area contributed by atoms with Crippen molar-refractivity contribution >= 4 is 9.04 Å². The molecule has 0 aromatic carbocycles. The standard InChI is InChI=1S/C3H3F3.C3H10OSi/c4-2-1-3(2,5)6;1-4-5(2)3/h2H,1H2;5H,1-3H3. The molecule has 5 heteroatoms. The van der Waals surface area contributed by atoms with E-state index in [0.29, 0.717) is 0 Å². The number of hydrogen-bond acceptors (Lipinski definition) is 1. The van der Waals surface area contributed by atoms with E-state index < -0.39 is 27.6 Å². The molecule has 68 valence electrons. The Morgan fingerprint density at radius 2 is 1.64 bits per heavy atom. The Morgan fingerprint density at radius 3 is 1.64 bits per heavy atom. The van der Waals surface area contributed by atoms with Gasteiger partial charge in [-0.1, -0.05) is 0 Å². The highest BCUT2D eigenvalue weighted by molar-refractivity contribution is 6.48. The molecule has 0 N–H and O–H groups in total. The second kappa shape index (κ2) is 4.11. The third-order valence-corrected chi connectivity index (χ3v) is 2.16. The number of hydrogen-bond donors (Lipinski definition) is 0. The minimum atomic E-state index is -2.96. The van der Waals surface area contributed by atoms with Gasteiger partial charge in [-0.3, -0.25) is 0 Å². The Balaban J connectivity index is 0.000000187. The van der Waals surface area contributed by atoms with Gasteiger partial charge in [0.2, 0.25) is 0 Å². The predicted octanol–water partition coefficient (Wildman–Crippen LogP) is 1.98. The van der Waals surface area contributed by atoms with Crippen LogP contribution in [0.25, 0.3) is 0 Å². The summed E-state index contributed by atoms with van der Waals surface area (Å²) in [6.07, 6.45) is -2.40. The SMILES string of the molecule is CO[SiH](C)C.FC1CC1(F)F. The van der Waals surface area contributed by atoms with Crippen molar-refractivity contribution in [1.29, 1.82) is 0 Å². The molecule has 0 aliphatic heterocycles. The molecule has 0 aromatic rings. The molecule has 1 aliphatic carbocycles. The van der Waals surface area contributed by atoms with Crippen molar-refractivity contribution in [2.75, 3.05) is 7.11 Å². The van der Waals surface area contributed by atoms with Gasteiger partial charge in [0.25, 0.3) is 5.92 Å². The maximum Gasteiger partial charge on any atom is 0.281 e. The maximum atomic E-state index is 11.2. The average molecular weight is 186 g/mol. The van der Waals surface area contributed by atoms with Crippen LogP contribution in [0.3, 0.4) is 0 Å². The zero-order valence-corrected chi connectivity index (χ0v) is 8.06. The smallest absolute Gasteiger partial charge is 0.281 e. The summed E-state index contributed by atoms with van der Waals surface area (Å²) < 4.78 is 38.3. The molecule has 1 atom stereocenters. The lowest BCUT2D eigenvalue weighted by atomic mass is 10.8. The van der Waals surface area contributed by atoms with E-state index in [2.05, 4.69) is 13.1 Å². The van der Waals surface area contributed by atoms with Crippen molar-refractivity contribution in [3.05, 3.63) is 0 Å². The lowest BCUT2D eigenvalue weighted by molar-refractivity contribution is 0.0870. The molecule has 1 unspecified atom stereocenters. The predicted molar refractivity (Wildman–Crippen MR) is 40.3 cm³/mol. The molecule has 0 amide bonds. The molecule has 11 heavy (non-hydrogen) atoms. The van der Waals surface area contributed by atoms with Crippen LogP contribution in [-0.2, 0) is 4.43 Å². The third kappa shape index (κ3) is 5.26. The first-order valence-electron chi connectivity index (χ1n) is 3.45. The van der Waals surface area contributed by atoms with Crippen LogP contribution in [0, 0.1) is 0 Å². The van der Waals surface area contributed by atoms with Crippen LogP contribution in [0.15, 0.2) is 0 Å². The summed E-state index contributed by atoms with van der Waals surface area (Å²) in [4.78, 5) is 0. The Hall–Kier alpha value is -0.0331. The molecule has 1 saturated carbocycles. The van der Waals surface area contributed by atoms with Gasteiger partial charge in [-0.2, -0.15) is 0 Å². The van der Waals surface area contributed by atoms with E-state index in [1.807, 2.05) is 0 Å². The van der Waals surface area contributed by atoms with E-state index in [4.69, 9.17) is 4.43 Å². The molecule has 0 aromatic heterocycles. The maximum absolute atomic E-state index is 11.2. The first-order chi connectivity index (χ1) is 4.90. The fourth-order valence-electron chi connectivity index (χ4n) is 0.180. The average Bonchev–Trinajstić information content (AvgIpc) is 2.39. The van der Waals surface area contributed by atoms with Crippen molar-refractivity contribution in [1.82, 2.24) is 0 Å². The second-order valence-corrected chi connectivity index (χ2v) is 5.29. The monoisotopic (exact) mass is 186 g/mol. The van der Waals surface area contributed by atoms with Gasteiger partial charge in [0.15, 0.2) is 15.2 Å². The topological polar surface area (TPSA) is 9.23 Å². The molecule has 0 radical (unpaired) electrons. The summed E-state index contributed by atoms with van der Waals surface area (Å²) in [6, 6.07) is 0. The summed E-state index contributed by atoms with van der Waals surface area (Å²) in [6.45, 7) is 4.28. The van der Waals surface area contributed by atoms with E-state index >= 15 is 0 Å². The van der Waals surface area contributed by atoms with Crippen LogP contribution in [0.2, 0.25) is 13.1 Å². The minimum absolute atomic E-state index is 0.562. The Labute approximate surface area is 66.3 Å². The van der Waals surface area contributed by atoms with Gasteiger partial charge in [0, 0.05) is 7.11 Å². The van der Waals surface area contributed by atoms with Gasteiger partial charge >= 0.3 is 0 Å². The first kappa shape index (κ1) is 11.0. The van der Waals surface area contributed by atoms with Crippen LogP contribution >= 0.6 is 0 Å². The van der Waals surface area contributed by atoms with Gasteiger partial charge in [0.1, 0.15) is 0 Å². The second-order valence-electron chi connectivity index (χ2n) is 2.72. The van der Waals surface area contributed by atoms with E-state index in [-0.39, 0.29) is 0 Å². The fourth-order valence-corrected chi connectivity index (χ4v) is 0.180. The normalized spacial score (nSPS) is 25.9. The summed E-state index contributed by atoms with van der Waals surface area (Å²) in [5.41, 5.74) is 0. The lowest BCUT2D eigenvalue weighted by Gasteiger charge is -1.92. The minimum Gasteiger partial charge on any atom is -0.424 e. The number of rotatable bonds is 1. The molecule has 0 bridgehead atoms. The van der Waals surface area contributed by atoms with Crippen LogP contribution in [0.4, 0.5) is 13.2 Å². The van der Waals surface area contributed by atoms with Crippen molar-refractivity contribution in [2.45, 2.75) is 31.6 Å². The highest BCUT2D eigenvalue weighted by Gasteiger charge is 2.58. The Kier molecular flexibility index (Phi) is 4.10. The van der Waals surface area contributed by atoms with E-state index in [1.165, 1.54) is 0 Å². The third-order valence-electron chi connectivity index (χ3n) is 1.22. The quantitative estimate of drug-likeness (QED) is 0.569. The molecule has 0 heterocycles. The van der Waals surface area contributed by atoms with Gasteiger partial charge in [-0.25, -0.2) is 13.2 Å². The molecule has 1 nitrogen and oxygen atoms in total. The zero-order valence-electron chi connectivity index (χ0n) is 6.90. The van der Waals surface area contributed by atoms with Crippen LogP contribution < -0.4 is 0 Å². The van der Waals surface area contributed by atoms with E-state index in [9.17, 15) is 13.2 Å². The molecular formula is C6H13F3OSi. The summed E-state index contributed by atoms with van der Waals surface area (Å²) in [5, 5.41) is 0. The van der Waals surface area contributed by atoms with Crippen LogP contribution in [-0.4, -0.2) is 28.2 Å². The molecule has 0 saturated heterocycles. The van der Waals surface area contributed by atoms with E-state index in [0.717, 1.165) is 0 Å². The van der Waals surface area contributed by atoms with Gasteiger partial charge in [-0.05, 0) is 13.1 Å². The van der Waals surface area contributed by atoms with Crippen LogP contribution in [0.5, 0.6) is 0 Å². The zero-order chi connectivity index (χ0) is 9.07. The van der Waals surface area contributed by atoms with Crippen LogP contribution in [0.1, 0.15) is 6.42 Å². The highest BCUT2D eigenvalue weighted by Crippen LogP contribution is 2.44. The fraction of sp³-hybridized carbons (Fsp3) is 1.00. The van der Waals surface area contributed by atoms with Crippen molar-refractivity contribution in [3.8, 4) is 0 Å². The highest BCUT2D eigenvalue weighted by atomic mass is 28.3. The van der Waals surface area contributed by atoms with Crippen molar-refractivity contribution in [2.24, 2.45) is 0 Å². The number of alkyl halides is 3. The molecule has 1 rings (SSSR count). The molecular weight excluding hydrogens is 173 g/mol. The van der Waals surface area contributed by atoms with Gasteiger partial charge < -0.3 is 4.43 Å². The largest absolute Gasteiger partial charge is 0.424 e.